The van der Waals surface area contributed by atoms with Crippen LogP contribution in [0.5, 0.6) is 11.5 Å². The molecular weight excluding hydrogens is 378 g/mol. The van der Waals surface area contributed by atoms with Gasteiger partial charge in [-0.2, -0.15) is 0 Å². The van der Waals surface area contributed by atoms with Gasteiger partial charge in [0.05, 0.1) is 20.8 Å². The first-order chi connectivity index (χ1) is 13.6. The van der Waals surface area contributed by atoms with Crippen molar-refractivity contribution >= 4 is 29.3 Å². The van der Waals surface area contributed by atoms with Crippen molar-refractivity contribution in [3.8, 4) is 11.5 Å². The summed E-state index contributed by atoms with van der Waals surface area (Å²) in [4.78, 5) is 24.9. The molecule has 0 aliphatic carbocycles. The van der Waals surface area contributed by atoms with Crippen LogP contribution in [0.2, 0.25) is 0 Å². The van der Waals surface area contributed by atoms with Crippen LogP contribution in [0.25, 0.3) is 0 Å². The van der Waals surface area contributed by atoms with Crippen LogP contribution in [0.15, 0.2) is 59.5 Å². The number of nitrogens with one attached hydrogen (secondary N) is 1. The fourth-order valence-corrected chi connectivity index (χ4v) is 3.10. The van der Waals surface area contributed by atoms with E-state index >= 15 is 0 Å². The van der Waals surface area contributed by atoms with Crippen molar-refractivity contribution in [2.75, 3.05) is 31.9 Å². The smallest absolute Gasteiger partial charge is 0.330 e. The molecule has 0 unspecified atom stereocenters. The third-order valence-corrected chi connectivity index (χ3v) is 4.62. The molecule has 28 heavy (non-hydrogen) atoms. The third-order valence-electron chi connectivity index (χ3n) is 3.65. The second-order valence-electron chi connectivity index (χ2n) is 5.48. The minimum Gasteiger partial charge on any atom is -0.496 e. The Morgan fingerprint density at radius 3 is 2.25 bits per heavy atom. The van der Waals surface area contributed by atoms with Crippen molar-refractivity contribution in [1.29, 1.82) is 0 Å². The number of ether oxygens (including phenoxy) is 3. The molecule has 1 N–H and O–H groups in total. The average molecular weight is 401 g/mol. The lowest BCUT2D eigenvalue weighted by Crippen LogP contribution is -2.14. The van der Waals surface area contributed by atoms with Crippen LogP contribution in [-0.4, -0.2) is 38.5 Å². The molecule has 0 fully saturated rings. The highest BCUT2D eigenvalue weighted by Crippen LogP contribution is 2.29. The Bertz CT molecular complexity index is 811. The summed E-state index contributed by atoms with van der Waals surface area (Å²) in [6.07, 6.45) is 3.18. The summed E-state index contributed by atoms with van der Waals surface area (Å²) in [6, 6.07) is 12.6. The van der Waals surface area contributed by atoms with Gasteiger partial charge in [-0.1, -0.05) is 12.1 Å². The highest BCUT2D eigenvalue weighted by Gasteiger charge is 2.18. The number of rotatable bonds is 9. The number of carbonyl (C=O) groups is 2. The first-order valence-electron chi connectivity index (χ1n) is 8.67. The molecular formula is C21H23NO5S. The molecule has 0 bridgehead atoms. The number of benzene rings is 2. The molecule has 0 aliphatic heterocycles. The van der Waals surface area contributed by atoms with Gasteiger partial charge in [0.1, 0.15) is 17.1 Å². The quantitative estimate of drug-likeness (QED) is 0.386. The molecule has 148 valence electrons. The van der Waals surface area contributed by atoms with Crippen molar-refractivity contribution in [3.05, 3.63) is 60.2 Å². The maximum atomic E-state index is 12.7. The predicted octanol–water partition coefficient (Wildman–Crippen LogP) is 4.17. The number of hydrogen-bond donors (Lipinski definition) is 1. The van der Waals surface area contributed by atoms with Crippen LogP contribution in [0.4, 0.5) is 5.69 Å². The minimum atomic E-state index is -0.340. The molecule has 0 aliphatic rings. The van der Waals surface area contributed by atoms with Gasteiger partial charge in [-0.3, -0.25) is 4.79 Å². The number of carbonyl (C=O) groups excluding carboxylic acids is 2. The number of methoxy groups -OCH3 is 2. The van der Waals surface area contributed by atoms with Crippen molar-refractivity contribution in [2.24, 2.45) is 0 Å². The molecule has 0 saturated carbocycles. The predicted molar refractivity (Wildman–Crippen MR) is 110 cm³/mol. The van der Waals surface area contributed by atoms with Crippen molar-refractivity contribution in [2.45, 2.75) is 11.8 Å². The monoisotopic (exact) mass is 401 g/mol. The second-order valence-corrected chi connectivity index (χ2v) is 6.57. The van der Waals surface area contributed by atoms with Crippen molar-refractivity contribution in [3.63, 3.8) is 0 Å². The summed E-state index contributed by atoms with van der Waals surface area (Å²) in [5.41, 5.74) is 0.999. The Hall–Kier alpha value is -2.93. The van der Waals surface area contributed by atoms with Gasteiger partial charge in [-0.25, -0.2) is 4.79 Å². The molecule has 1 amide bonds. The van der Waals surface area contributed by atoms with E-state index in [4.69, 9.17) is 14.2 Å². The van der Waals surface area contributed by atoms with Crippen LogP contribution in [0, 0.1) is 0 Å². The standard InChI is InChI=1S/C21H23NO5S/c1-4-27-19(23)9-6-14-28-16-12-10-15(11-13-16)22-21(24)20-17(25-2)7-5-8-18(20)26-3/h5-13H,4,14H2,1-3H3,(H,22,24)/b9-6+. The summed E-state index contributed by atoms with van der Waals surface area (Å²) >= 11 is 1.57. The van der Waals surface area contributed by atoms with Crippen molar-refractivity contribution in [1.82, 2.24) is 0 Å². The normalized spacial score (nSPS) is 10.5. The van der Waals surface area contributed by atoms with E-state index in [0.29, 0.717) is 35.1 Å². The van der Waals surface area contributed by atoms with E-state index in [-0.39, 0.29) is 11.9 Å². The van der Waals surface area contributed by atoms with Crippen LogP contribution in [0.3, 0.4) is 0 Å². The van der Waals surface area contributed by atoms with E-state index in [1.54, 1.807) is 43.0 Å². The molecule has 2 rings (SSSR count). The fraction of sp³-hybridized carbons (Fsp3) is 0.238. The number of esters is 1. The zero-order valence-electron chi connectivity index (χ0n) is 16.1. The molecule has 0 heterocycles. The number of thioether (sulfide) groups is 1. The molecule has 0 spiro atoms. The zero-order chi connectivity index (χ0) is 20.4. The highest BCUT2D eigenvalue weighted by molar-refractivity contribution is 7.99. The van der Waals surface area contributed by atoms with E-state index in [1.165, 1.54) is 20.3 Å². The number of anilines is 1. The maximum absolute atomic E-state index is 12.7. The van der Waals surface area contributed by atoms with Crippen LogP contribution < -0.4 is 14.8 Å². The lowest BCUT2D eigenvalue weighted by molar-refractivity contribution is -0.137. The van der Waals surface area contributed by atoms with E-state index in [0.717, 1.165) is 4.90 Å². The molecule has 6 nitrogen and oxygen atoms in total. The molecule has 0 radical (unpaired) electrons. The zero-order valence-corrected chi connectivity index (χ0v) is 16.9. The largest absolute Gasteiger partial charge is 0.496 e. The fourth-order valence-electron chi connectivity index (χ4n) is 2.38. The van der Waals surface area contributed by atoms with Gasteiger partial charge in [0.25, 0.3) is 5.91 Å². The van der Waals surface area contributed by atoms with Gasteiger partial charge in [-0.15, -0.1) is 11.8 Å². The van der Waals surface area contributed by atoms with E-state index in [9.17, 15) is 9.59 Å². The Kier molecular flexibility index (Phi) is 8.42. The molecule has 2 aromatic rings. The molecule has 0 aromatic heterocycles. The van der Waals surface area contributed by atoms with Gasteiger partial charge >= 0.3 is 5.97 Å². The second kappa shape index (κ2) is 11.0. The Balaban J connectivity index is 1.97. The molecule has 0 atom stereocenters. The Labute approximate surface area is 168 Å². The van der Waals surface area contributed by atoms with Gasteiger partial charge in [0.15, 0.2) is 0 Å². The first kappa shape index (κ1) is 21.4. The topological polar surface area (TPSA) is 73.9 Å². The van der Waals surface area contributed by atoms with E-state index < -0.39 is 0 Å². The Morgan fingerprint density at radius 1 is 1.04 bits per heavy atom. The van der Waals surface area contributed by atoms with Gasteiger partial charge in [0, 0.05) is 22.4 Å². The SMILES string of the molecule is CCOC(=O)/C=C/CSc1ccc(NC(=O)c2c(OC)cccc2OC)cc1. The third kappa shape index (κ3) is 6.06. The average Bonchev–Trinajstić information content (AvgIpc) is 2.71. The van der Waals surface area contributed by atoms with Crippen molar-refractivity contribution < 1.29 is 23.8 Å². The van der Waals surface area contributed by atoms with E-state index in [2.05, 4.69) is 5.32 Å². The summed E-state index contributed by atoms with van der Waals surface area (Å²) in [7, 11) is 3.02. The van der Waals surface area contributed by atoms with Gasteiger partial charge in [0.2, 0.25) is 0 Å². The van der Waals surface area contributed by atoms with Crippen LogP contribution in [-0.2, 0) is 9.53 Å². The molecule has 2 aromatic carbocycles. The lowest BCUT2D eigenvalue weighted by Gasteiger charge is -2.13. The van der Waals surface area contributed by atoms with Crippen LogP contribution in [0.1, 0.15) is 17.3 Å². The highest BCUT2D eigenvalue weighted by atomic mass is 32.2. The minimum absolute atomic E-state index is 0.313. The van der Waals surface area contributed by atoms with Gasteiger partial charge in [-0.05, 0) is 43.3 Å². The number of hydrogen-bond acceptors (Lipinski definition) is 6. The maximum Gasteiger partial charge on any atom is 0.330 e. The number of amides is 1. The lowest BCUT2D eigenvalue weighted by atomic mass is 10.1. The van der Waals surface area contributed by atoms with E-state index in [1.807, 2.05) is 24.3 Å². The first-order valence-corrected chi connectivity index (χ1v) is 9.66. The molecule has 7 heteroatoms. The van der Waals surface area contributed by atoms with Crippen LogP contribution >= 0.6 is 11.8 Å². The summed E-state index contributed by atoms with van der Waals surface area (Å²) < 4.78 is 15.4. The summed E-state index contributed by atoms with van der Waals surface area (Å²) in [6.45, 7) is 2.13. The summed E-state index contributed by atoms with van der Waals surface area (Å²) in [5.74, 6) is 0.873. The summed E-state index contributed by atoms with van der Waals surface area (Å²) in [5, 5.41) is 2.85. The van der Waals surface area contributed by atoms with Gasteiger partial charge < -0.3 is 19.5 Å². The molecule has 0 saturated heterocycles. The Morgan fingerprint density at radius 2 is 1.68 bits per heavy atom.